The minimum absolute atomic E-state index is 0.116. The van der Waals surface area contributed by atoms with Crippen molar-refractivity contribution < 1.29 is 19.7 Å². The van der Waals surface area contributed by atoms with Gasteiger partial charge >= 0.3 is 0 Å². The second-order valence-electron chi connectivity index (χ2n) is 5.92. The third-order valence-electron chi connectivity index (χ3n) is 3.78. The van der Waals surface area contributed by atoms with Gasteiger partial charge in [-0.05, 0) is 6.42 Å². The summed E-state index contributed by atoms with van der Waals surface area (Å²) < 4.78 is 5.09. The van der Waals surface area contributed by atoms with Gasteiger partial charge < -0.3 is 19.7 Å². The Morgan fingerprint density at radius 3 is 2.09 bits per heavy atom. The fourth-order valence-corrected chi connectivity index (χ4v) is 2.36. The van der Waals surface area contributed by atoms with Gasteiger partial charge in [-0.2, -0.15) is 0 Å². The summed E-state index contributed by atoms with van der Waals surface area (Å²) in [5.74, 6) is 5.77. The fraction of sp³-hybridized carbons (Fsp3) is 0.842. The number of rotatable bonds is 15. The van der Waals surface area contributed by atoms with Crippen LogP contribution in [-0.4, -0.2) is 41.9 Å². The molecule has 0 saturated heterocycles. The van der Waals surface area contributed by atoms with E-state index < -0.39 is 18.8 Å². The van der Waals surface area contributed by atoms with Gasteiger partial charge in [0.15, 0.2) is 0 Å². The second-order valence-corrected chi connectivity index (χ2v) is 5.92. The summed E-state index contributed by atoms with van der Waals surface area (Å²) in [5, 5.41) is 18.4. The van der Waals surface area contributed by atoms with E-state index in [0.29, 0.717) is 6.29 Å². The van der Waals surface area contributed by atoms with Crippen LogP contribution in [0.2, 0.25) is 0 Å². The first kappa shape index (κ1) is 22.1. The fourth-order valence-electron chi connectivity index (χ4n) is 2.36. The summed E-state index contributed by atoms with van der Waals surface area (Å²) in [5.41, 5.74) is 0. The van der Waals surface area contributed by atoms with Crippen molar-refractivity contribution in [2.75, 3.05) is 13.2 Å². The van der Waals surface area contributed by atoms with Gasteiger partial charge in [0.2, 0.25) is 0 Å². The summed E-state index contributed by atoms with van der Waals surface area (Å²) in [7, 11) is 0. The zero-order valence-corrected chi connectivity index (χ0v) is 14.6. The molecule has 0 bridgehead atoms. The van der Waals surface area contributed by atoms with Crippen LogP contribution >= 0.6 is 0 Å². The van der Waals surface area contributed by atoms with Crippen molar-refractivity contribution in [3.05, 3.63) is 0 Å². The lowest BCUT2D eigenvalue weighted by Crippen LogP contribution is -2.31. The van der Waals surface area contributed by atoms with Crippen molar-refractivity contribution in [1.82, 2.24) is 0 Å². The van der Waals surface area contributed by atoms with E-state index >= 15 is 0 Å². The monoisotopic (exact) mass is 326 g/mol. The molecule has 134 valence electrons. The Labute approximate surface area is 141 Å². The number of aliphatic hydroxyl groups excluding tert-OH is 2. The number of aldehydes is 1. The average molecular weight is 326 g/mol. The van der Waals surface area contributed by atoms with E-state index in [-0.39, 0.29) is 6.61 Å². The van der Waals surface area contributed by atoms with E-state index in [0.717, 1.165) is 12.8 Å². The second kappa shape index (κ2) is 17.5. The highest BCUT2D eigenvalue weighted by Crippen LogP contribution is 2.11. The maximum absolute atomic E-state index is 10.3. The van der Waals surface area contributed by atoms with E-state index in [2.05, 4.69) is 18.8 Å². The quantitative estimate of drug-likeness (QED) is 0.275. The highest BCUT2D eigenvalue weighted by Gasteiger charge is 2.15. The number of hydrogen-bond donors (Lipinski definition) is 2. The molecule has 0 spiro atoms. The predicted molar refractivity (Wildman–Crippen MR) is 93.1 cm³/mol. The largest absolute Gasteiger partial charge is 0.394 e. The predicted octanol–water partition coefficient (Wildman–Crippen LogP) is 3.24. The van der Waals surface area contributed by atoms with Crippen LogP contribution in [0.1, 0.15) is 77.6 Å². The number of unbranched alkanes of at least 4 members (excludes halogenated alkanes) is 10. The molecule has 0 rings (SSSR count). The lowest BCUT2D eigenvalue weighted by Gasteiger charge is -2.14. The van der Waals surface area contributed by atoms with E-state index in [9.17, 15) is 9.90 Å². The van der Waals surface area contributed by atoms with Gasteiger partial charge in [-0.25, -0.2) is 0 Å². The van der Waals surface area contributed by atoms with E-state index in [1.54, 1.807) is 0 Å². The first-order chi connectivity index (χ1) is 11.3. The molecule has 0 radical (unpaired) electrons. The Hall–Kier alpha value is -0.890. The molecule has 0 aromatic heterocycles. The molecule has 2 N–H and O–H groups in total. The molecular formula is C19H34O4. The van der Waals surface area contributed by atoms with Gasteiger partial charge in [0, 0.05) is 6.42 Å². The molecular weight excluding hydrogens is 292 g/mol. The van der Waals surface area contributed by atoms with Crippen molar-refractivity contribution in [2.24, 2.45) is 0 Å². The molecule has 0 aromatic rings. The van der Waals surface area contributed by atoms with Crippen molar-refractivity contribution >= 4 is 6.29 Å². The Morgan fingerprint density at radius 2 is 1.57 bits per heavy atom. The van der Waals surface area contributed by atoms with E-state index in [4.69, 9.17) is 9.84 Å². The van der Waals surface area contributed by atoms with Crippen molar-refractivity contribution in [3.8, 4) is 11.8 Å². The molecule has 0 amide bonds. The summed E-state index contributed by atoms with van der Waals surface area (Å²) in [6, 6.07) is 0. The molecule has 23 heavy (non-hydrogen) atoms. The van der Waals surface area contributed by atoms with Crippen LogP contribution < -0.4 is 0 Å². The normalized spacial score (nSPS) is 13.2. The van der Waals surface area contributed by atoms with Gasteiger partial charge in [-0.3, -0.25) is 0 Å². The van der Waals surface area contributed by atoms with Gasteiger partial charge in [0.1, 0.15) is 25.1 Å². The molecule has 0 aliphatic heterocycles. The highest BCUT2D eigenvalue weighted by atomic mass is 16.5. The van der Waals surface area contributed by atoms with Gasteiger partial charge in [0.25, 0.3) is 0 Å². The summed E-state index contributed by atoms with van der Waals surface area (Å²) in [6.45, 7) is 1.70. The molecule has 2 unspecified atom stereocenters. The number of ether oxygens (including phenoxy) is 1. The lowest BCUT2D eigenvalue weighted by atomic mass is 10.1. The third-order valence-corrected chi connectivity index (χ3v) is 3.78. The highest BCUT2D eigenvalue weighted by molar-refractivity contribution is 5.50. The molecule has 4 heteroatoms. The number of aliphatic hydroxyl groups is 2. The lowest BCUT2D eigenvalue weighted by molar-refractivity contribution is -0.115. The first-order valence-corrected chi connectivity index (χ1v) is 9.08. The summed E-state index contributed by atoms with van der Waals surface area (Å²) in [6.07, 6.45) is 12.4. The van der Waals surface area contributed by atoms with Crippen molar-refractivity contribution in [2.45, 2.75) is 89.8 Å². The molecule has 0 heterocycles. The maximum atomic E-state index is 10.3. The molecule has 0 saturated carbocycles. The van der Waals surface area contributed by atoms with Crippen molar-refractivity contribution in [1.29, 1.82) is 0 Å². The molecule has 0 aliphatic rings. The Bertz CT molecular complexity index is 319. The standard InChI is InChI=1S/C19H34O4/c1-2-3-4-5-6-7-8-9-10-11-12-13-14-19(18(22)17-21)23-16-15-20/h15,18-19,21-22H,2-12,16-17H2,1H3. The van der Waals surface area contributed by atoms with Gasteiger partial charge in [-0.15, -0.1) is 5.92 Å². The van der Waals surface area contributed by atoms with Crippen LogP contribution in [0.25, 0.3) is 0 Å². The van der Waals surface area contributed by atoms with Crippen LogP contribution in [0, 0.1) is 11.8 Å². The summed E-state index contributed by atoms with van der Waals surface area (Å²) >= 11 is 0. The molecule has 4 nitrogen and oxygen atoms in total. The van der Waals surface area contributed by atoms with Crippen LogP contribution in [-0.2, 0) is 9.53 Å². The van der Waals surface area contributed by atoms with Crippen LogP contribution in [0.15, 0.2) is 0 Å². The third kappa shape index (κ3) is 14.4. The number of carbonyl (C=O) groups excluding carboxylic acids is 1. The van der Waals surface area contributed by atoms with Gasteiger partial charge in [0.05, 0.1) is 6.61 Å². The number of carbonyl (C=O) groups is 1. The van der Waals surface area contributed by atoms with Crippen LogP contribution in [0.3, 0.4) is 0 Å². The number of hydrogen-bond acceptors (Lipinski definition) is 4. The Morgan fingerprint density at radius 1 is 1.00 bits per heavy atom. The molecule has 2 atom stereocenters. The molecule has 0 aromatic carbocycles. The van der Waals surface area contributed by atoms with Crippen molar-refractivity contribution in [3.63, 3.8) is 0 Å². The van der Waals surface area contributed by atoms with Crippen LogP contribution in [0.4, 0.5) is 0 Å². The average Bonchev–Trinajstić information content (AvgIpc) is 2.57. The minimum atomic E-state index is -1.06. The van der Waals surface area contributed by atoms with E-state index in [1.807, 2.05) is 0 Å². The topological polar surface area (TPSA) is 66.8 Å². The maximum Gasteiger partial charge on any atom is 0.146 e. The Kier molecular flexibility index (Phi) is 16.8. The smallest absolute Gasteiger partial charge is 0.146 e. The van der Waals surface area contributed by atoms with E-state index in [1.165, 1.54) is 57.8 Å². The minimum Gasteiger partial charge on any atom is -0.394 e. The Balaban J connectivity index is 3.59. The molecule has 0 fully saturated rings. The van der Waals surface area contributed by atoms with Crippen LogP contribution in [0.5, 0.6) is 0 Å². The SMILES string of the molecule is CCCCCCCCCCCCC#CC(OCC=O)C(O)CO. The molecule has 0 aliphatic carbocycles. The zero-order chi connectivity index (χ0) is 17.2. The first-order valence-electron chi connectivity index (χ1n) is 9.08. The summed E-state index contributed by atoms with van der Waals surface area (Å²) in [4.78, 5) is 10.3. The van der Waals surface area contributed by atoms with Gasteiger partial charge in [-0.1, -0.05) is 70.6 Å². The zero-order valence-electron chi connectivity index (χ0n) is 14.6.